The molecule has 150 valence electrons. The van der Waals surface area contributed by atoms with E-state index >= 15 is 0 Å². The molecule has 5 rings (SSSR count). The zero-order chi connectivity index (χ0) is 19.1. The lowest BCUT2D eigenvalue weighted by Crippen LogP contribution is -2.64. The van der Waals surface area contributed by atoms with Crippen molar-refractivity contribution in [3.05, 3.63) is 16.6 Å². The molecule has 1 aromatic heterocycles. The quantitative estimate of drug-likeness (QED) is 0.680. The molecule has 4 saturated carbocycles. The monoisotopic (exact) mass is 391 g/mol. The van der Waals surface area contributed by atoms with E-state index in [1.165, 1.54) is 11.3 Å². The lowest BCUT2D eigenvalue weighted by molar-refractivity contribution is -0.238. The SMILES string of the molecule is C[C@]12CC[C@H](O)C[C@H]1CC[C@@H]1[C@@H]2CC[C@]2(C)[C@@](O)(c3nccs3)CC[C@]12O. The van der Waals surface area contributed by atoms with Gasteiger partial charge in [0.05, 0.1) is 11.7 Å². The Kier molecular flexibility index (Phi) is 3.96. The summed E-state index contributed by atoms with van der Waals surface area (Å²) in [6, 6.07) is 0. The molecule has 5 heteroatoms. The van der Waals surface area contributed by atoms with E-state index in [-0.39, 0.29) is 17.4 Å². The smallest absolute Gasteiger partial charge is 0.125 e. The van der Waals surface area contributed by atoms with Crippen molar-refractivity contribution < 1.29 is 15.3 Å². The highest BCUT2D eigenvalue weighted by atomic mass is 32.1. The summed E-state index contributed by atoms with van der Waals surface area (Å²) >= 11 is 1.52. The van der Waals surface area contributed by atoms with Gasteiger partial charge in [-0.05, 0) is 81.0 Å². The molecule has 1 heterocycles. The summed E-state index contributed by atoms with van der Waals surface area (Å²) in [4.78, 5) is 4.46. The molecule has 1 aromatic rings. The number of rotatable bonds is 1. The van der Waals surface area contributed by atoms with Gasteiger partial charge in [-0.2, -0.15) is 0 Å². The van der Waals surface area contributed by atoms with Crippen LogP contribution in [-0.4, -0.2) is 32.0 Å². The average molecular weight is 392 g/mol. The Hall–Kier alpha value is -0.490. The van der Waals surface area contributed by atoms with E-state index in [2.05, 4.69) is 18.8 Å². The molecule has 8 atom stereocenters. The van der Waals surface area contributed by atoms with Crippen molar-refractivity contribution in [2.75, 3.05) is 0 Å². The number of hydrogen-bond acceptors (Lipinski definition) is 5. The fraction of sp³-hybridized carbons (Fsp3) is 0.864. The molecular weight excluding hydrogens is 358 g/mol. The van der Waals surface area contributed by atoms with Gasteiger partial charge in [-0.15, -0.1) is 11.3 Å². The van der Waals surface area contributed by atoms with Crippen LogP contribution in [0.4, 0.5) is 0 Å². The minimum atomic E-state index is -1.01. The van der Waals surface area contributed by atoms with Crippen LogP contribution < -0.4 is 0 Å². The fourth-order valence-electron chi connectivity index (χ4n) is 7.99. The van der Waals surface area contributed by atoms with Crippen molar-refractivity contribution in [3.63, 3.8) is 0 Å². The number of aromatic nitrogens is 1. The van der Waals surface area contributed by atoms with E-state index in [0.717, 1.165) is 50.0 Å². The Balaban J connectivity index is 1.52. The first-order chi connectivity index (χ1) is 12.7. The van der Waals surface area contributed by atoms with Gasteiger partial charge in [-0.3, -0.25) is 0 Å². The lowest BCUT2D eigenvalue weighted by atomic mass is 9.43. The highest BCUT2D eigenvalue weighted by Crippen LogP contribution is 2.71. The van der Waals surface area contributed by atoms with Crippen molar-refractivity contribution in [2.24, 2.45) is 28.6 Å². The second-order valence-corrected chi connectivity index (χ2v) is 11.3. The molecule has 0 bridgehead atoms. The van der Waals surface area contributed by atoms with Crippen LogP contribution in [0.5, 0.6) is 0 Å². The number of thiazole rings is 1. The van der Waals surface area contributed by atoms with E-state index in [1.54, 1.807) is 6.20 Å². The molecule has 4 aliphatic carbocycles. The van der Waals surface area contributed by atoms with Crippen LogP contribution in [0.25, 0.3) is 0 Å². The first-order valence-electron chi connectivity index (χ1n) is 10.8. The van der Waals surface area contributed by atoms with Crippen molar-refractivity contribution in [3.8, 4) is 0 Å². The maximum atomic E-state index is 12.1. The van der Waals surface area contributed by atoms with Gasteiger partial charge in [-0.25, -0.2) is 4.98 Å². The third kappa shape index (κ3) is 2.18. The number of nitrogens with zero attached hydrogens (tertiary/aromatic N) is 1. The third-order valence-corrected chi connectivity index (χ3v) is 10.7. The summed E-state index contributed by atoms with van der Waals surface area (Å²) < 4.78 is 0. The molecule has 4 nitrogen and oxygen atoms in total. The normalized spacial score (nSPS) is 54.9. The summed E-state index contributed by atoms with van der Waals surface area (Å²) in [5, 5.41) is 36.8. The maximum absolute atomic E-state index is 12.1. The zero-order valence-electron chi connectivity index (χ0n) is 16.5. The zero-order valence-corrected chi connectivity index (χ0v) is 17.3. The fourth-order valence-corrected chi connectivity index (χ4v) is 8.89. The Bertz CT molecular complexity index is 725. The maximum Gasteiger partial charge on any atom is 0.125 e. The highest BCUT2D eigenvalue weighted by Gasteiger charge is 2.72. The van der Waals surface area contributed by atoms with Crippen LogP contribution in [0.2, 0.25) is 0 Å². The van der Waals surface area contributed by atoms with E-state index in [1.807, 2.05) is 5.38 Å². The largest absolute Gasteiger partial charge is 0.393 e. The molecule has 4 fully saturated rings. The van der Waals surface area contributed by atoms with Gasteiger partial charge >= 0.3 is 0 Å². The number of aliphatic hydroxyl groups excluding tert-OH is 1. The molecular formula is C22H33NO3S. The molecule has 0 spiro atoms. The van der Waals surface area contributed by atoms with E-state index in [0.29, 0.717) is 24.7 Å². The van der Waals surface area contributed by atoms with Crippen LogP contribution in [0, 0.1) is 28.6 Å². The van der Waals surface area contributed by atoms with Crippen molar-refractivity contribution in [2.45, 2.75) is 88.9 Å². The molecule has 27 heavy (non-hydrogen) atoms. The van der Waals surface area contributed by atoms with Crippen LogP contribution >= 0.6 is 11.3 Å². The van der Waals surface area contributed by atoms with E-state index < -0.39 is 16.6 Å². The first-order valence-corrected chi connectivity index (χ1v) is 11.7. The van der Waals surface area contributed by atoms with Gasteiger partial charge in [-0.1, -0.05) is 13.8 Å². The van der Waals surface area contributed by atoms with Crippen molar-refractivity contribution in [1.82, 2.24) is 4.98 Å². The van der Waals surface area contributed by atoms with Crippen LogP contribution in [0.15, 0.2) is 11.6 Å². The third-order valence-electron chi connectivity index (χ3n) is 9.76. The average Bonchev–Trinajstić information content (AvgIpc) is 3.24. The van der Waals surface area contributed by atoms with Crippen molar-refractivity contribution in [1.29, 1.82) is 0 Å². The Morgan fingerprint density at radius 3 is 2.56 bits per heavy atom. The topological polar surface area (TPSA) is 73.6 Å². The van der Waals surface area contributed by atoms with Crippen LogP contribution in [-0.2, 0) is 5.60 Å². The van der Waals surface area contributed by atoms with E-state index in [9.17, 15) is 15.3 Å². The molecule has 4 aliphatic rings. The molecule has 0 amide bonds. The molecule has 0 radical (unpaired) electrons. The molecule has 3 N–H and O–H groups in total. The second kappa shape index (κ2) is 5.78. The second-order valence-electron chi connectivity index (χ2n) is 10.4. The minimum absolute atomic E-state index is 0.141. The summed E-state index contributed by atoms with van der Waals surface area (Å²) in [6.07, 6.45) is 9.85. The molecule has 0 unspecified atom stereocenters. The van der Waals surface area contributed by atoms with Gasteiger partial charge in [0.15, 0.2) is 0 Å². The van der Waals surface area contributed by atoms with E-state index in [4.69, 9.17) is 0 Å². The summed E-state index contributed by atoms with van der Waals surface area (Å²) in [5.74, 6) is 1.33. The summed E-state index contributed by atoms with van der Waals surface area (Å²) in [7, 11) is 0. The van der Waals surface area contributed by atoms with Gasteiger partial charge in [0.1, 0.15) is 10.6 Å². The molecule has 0 aromatic carbocycles. The highest BCUT2D eigenvalue weighted by molar-refractivity contribution is 7.09. The minimum Gasteiger partial charge on any atom is -0.393 e. The van der Waals surface area contributed by atoms with Gasteiger partial charge < -0.3 is 15.3 Å². The summed E-state index contributed by atoms with van der Waals surface area (Å²) in [6.45, 7) is 4.55. The van der Waals surface area contributed by atoms with Crippen LogP contribution in [0.1, 0.15) is 76.6 Å². The summed E-state index contributed by atoms with van der Waals surface area (Å²) in [5.41, 5.74) is -2.14. The number of aliphatic hydroxyl groups is 3. The number of fused-ring (bicyclic) bond motifs is 5. The lowest BCUT2D eigenvalue weighted by Gasteiger charge is -2.64. The van der Waals surface area contributed by atoms with Gasteiger partial charge in [0, 0.05) is 17.0 Å². The predicted octanol–water partition coefficient (Wildman–Crippen LogP) is 3.85. The standard InChI is InChI=1S/C22H33NO3S/c1-19-7-5-15(24)13-14(19)3-4-17-16(19)6-8-20(2)21(17,25)9-10-22(20,26)18-23-11-12-27-18/h11-12,14-17,24-26H,3-10,13H2,1-2H3/t14-,15+,16+,17-,19+,20+,21+,22+/m1/s1. The predicted molar refractivity (Wildman–Crippen MR) is 105 cm³/mol. The Morgan fingerprint density at radius 1 is 1.00 bits per heavy atom. The van der Waals surface area contributed by atoms with Crippen molar-refractivity contribution >= 4 is 11.3 Å². The first kappa shape index (κ1) is 18.5. The van der Waals surface area contributed by atoms with Crippen LogP contribution in [0.3, 0.4) is 0 Å². The Morgan fingerprint density at radius 2 is 1.81 bits per heavy atom. The van der Waals surface area contributed by atoms with Gasteiger partial charge in [0.25, 0.3) is 0 Å². The van der Waals surface area contributed by atoms with Gasteiger partial charge in [0.2, 0.25) is 0 Å². The Labute approximate surface area is 166 Å². The molecule has 0 aliphatic heterocycles. The number of hydrogen-bond donors (Lipinski definition) is 3. The molecule has 0 saturated heterocycles.